The van der Waals surface area contributed by atoms with Crippen molar-refractivity contribution in [3.8, 4) is 0 Å². The van der Waals surface area contributed by atoms with E-state index in [9.17, 15) is 4.79 Å². The molecule has 2 N–H and O–H groups in total. The van der Waals surface area contributed by atoms with Crippen molar-refractivity contribution in [1.29, 1.82) is 0 Å². The summed E-state index contributed by atoms with van der Waals surface area (Å²) < 4.78 is 5.23. The van der Waals surface area contributed by atoms with Crippen molar-refractivity contribution in [3.63, 3.8) is 0 Å². The number of carbonyl (C=O) groups excluding carboxylic acids is 1. The highest BCUT2D eigenvalue weighted by Crippen LogP contribution is 1.87. The Balaban J connectivity index is 3.21. The van der Waals surface area contributed by atoms with Crippen molar-refractivity contribution in [1.82, 2.24) is 10.6 Å². The Kier molecular flexibility index (Phi) is 9.24. The van der Waals surface area contributed by atoms with Crippen LogP contribution in [-0.2, 0) is 9.53 Å². The summed E-state index contributed by atoms with van der Waals surface area (Å²) in [5.41, 5.74) is 0. The number of hydrogen-bond acceptors (Lipinski definition) is 3. The number of amides is 1. The first kappa shape index (κ1) is 15.4. The van der Waals surface area contributed by atoms with Crippen LogP contribution >= 0.6 is 0 Å². The van der Waals surface area contributed by atoms with Crippen LogP contribution in [-0.4, -0.2) is 38.8 Å². The molecule has 0 atom stereocenters. The zero-order chi connectivity index (χ0) is 12.4. The topological polar surface area (TPSA) is 50.4 Å². The number of hydrogen-bond donors (Lipinski definition) is 2. The van der Waals surface area contributed by atoms with Gasteiger partial charge in [0.1, 0.15) is 6.61 Å². The van der Waals surface area contributed by atoms with Gasteiger partial charge in [-0.25, -0.2) is 0 Å². The number of nitrogens with one attached hydrogen (secondary N) is 2. The molecule has 16 heavy (non-hydrogen) atoms. The molecule has 0 rings (SSSR count). The zero-order valence-electron chi connectivity index (χ0n) is 11.0. The van der Waals surface area contributed by atoms with Gasteiger partial charge in [-0.05, 0) is 18.4 Å². The van der Waals surface area contributed by atoms with Gasteiger partial charge in [0.2, 0.25) is 5.91 Å². The highest BCUT2D eigenvalue weighted by Gasteiger charge is 2.01. The molecular formula is C12H26N2O2. The van der Waals surface area contributed by atoms with Gasteiger partial charge < -0.3 is 15.4 Å². The SMILES string of the molecule is CC(C)CNCCOCC(=O)NCC(C)C. The van der Waals surface area contributed by atoms with E-state index in [2.05, 4.69) is 38.3 Å². The fourth-order valence-corrected chi connectivity index (χ4v) is 1.07. The number of carbonyl (C=O) groups is 1. The van der Waals surface area contributed by atoms with Crippen LogP contribution in [0.25, 0.3) is 0 Å². The molecule has 0 radical (unpaired) electrons. The maximum atomic E-state index is 11.2. The predicted octanol–water partition coefficient (Wildman–Crippen LogP) is 1.02. The molecule has 0 bridgehead atoms. The minimum absolute atomic E-state index is 0.0300. The molecule has 0 aliphatic rings. The van der Waals surface area contributed by atoms with Crippen molar-refractivity contribution in [2.24, 2.45) is 11.8 Å². The van der Waals surface area contributed by atoms with E-state index < -0.39 is 0 Å². The molecule has 0 aliphatic carbocycles. The Bertz CT molecular complexity index is 182. The number of ether oxygens (including phenoxy) is 1. The van der Waals surface area contributed by atoms with Crippen molar-refractivity contribution in [2.45, 2.75) is 27.7 Å². The fourth-order valence-electron chi connectivity index (χ4n) is 1.07. The van der Waals surface area contributed by atoms with Crippen LogP contribution in [0.3, 0.4) is 0 Å². The smallest absolute Gasteiger partial charge is 0.246 e. The predicted molar refractivity (Wildman–Crippen MR) is 66.4 cm³/mol. The summed E-state index contributed by atoms with van der Waals surface area (Å²) in [5, 5.41) is 6.06. The molecular weight excluding hydrogens is 204 g/mol. The van der Waals surface area contributed by atoms with Crippen LogP contribution in [0.2, 0.25) is 0 Å². The minimum Gasteiger partial charge on any atom is -0.370 e. The van der Waals surface area contributed by atoms with Gasteiger partial charge in [-0.3, -0.25) is 4.79 Å². The van der Waals surface area contributed by atoms with Crippen LogP contribution in [0, 0.1) is 11.8 Å². The lowest BCUT2D eigenvalue weighted by Gasteiger charge is -2.09. The maximum absolute atomic E-state index is 11.2. The van der Waals surface area contributed by atoms with E-state index in [1.54, 1.807) is 0 Å². The zero-order valence-corrected chi connectivity index (χ0v) is 11.0. The minimum atomic E-state index is -0.0300. The normalized spacial score (nSPS) is 11.1. The second-order valence-corrected chi connectivity index (χ2v) is 4.85. The fraction of sp³-hybridized carbons (Fsp3) is 0.917. The van der Waals surface area contributed by atoms with Crippen molar-refractivity contribution in [3.05, 3.63) is 0 Å². The maximum Gasteiger partial charge on any atom is 0.246 e. The van der Waals surface area contributed by atoms with Crippen LogP contribution in [0.1, 0.15) is 27.7 Å². The lowest BCUT2D eigenvalue weighted by molar-refractivity contribution is -0.125. The Labute approximate surface area is 99.1 Å². The van der Waals surface area contributed by atoms with Crippen molar-refractivity contribution in [2.75, 3.05) is 32.8 Å². The summed E-state index contributed by atoms with van der Waals surface area (Å²) in [4.78, 5) is 11.2. The Morgan fingerprint density at radius 2 is 1.75 bits per heavy atom. The summed E-state index contributed by atoms with van der Waals surface area (Å²) in [6.07, 6.45) is 0. The quantitative estimate of drug-likeness (QED) is 0.581. The van der Waals surface area contributed by atoms with Gasteiger partial charge in [0, 0.05) is 13.1 Å². The third-order valence-corrected chi connectivity index (χ3v) is 1.92. The largest absolute Gasteiger partial charge is 0.370 e. The summed E-state index contributed by atoms with van der Waals surface area (Å²) in [7, 11) is 0. The van der Waals surface area contributed by atoms with Gasteiger partial charge in [-0.2, -0.15) is 0 Å². The average molecular weight is 230 g/mol. The molecule has 0 fully saturated rings. The lowest BCUT2D eigenvalue weighted by atomic mass is 10.2. The molecule has 0 spiro atoms. The average Bonchev–Trinajstić information content (AvgIpc) is 2.19. The van der Waals surface area contributed by atoms with Crippen LogP contribution in [0.5, 0.6) is 0 Å². The third kappa shape index (κ3) is 11.5. The first-order valence-corrected chi connectivity index (χ1v) is 6.07. The van der Waals surface area contributed by atoms with E-state index in [4.69, 9.17) is 4.74 Å². The Morgan fingerprint density at radius 1 is 1.12 bits per heavy atom. The monoisotopic (exact) mass is 230 g/mol. The highest BCUT2D eigenvalue weighted by molar-refractivity contribution is 5.77. The number of rotatable bonds is 9. The molecule has 4 nitrogen and oxygen atoms in total. The summed E-state index contributed by atoms with van der Waals surface area (Å²) in [6, 6.07) is 0. The van der Waals surface area contributed by atoms with Crippen molar-refractivity contribution >= 4 is 5.91 Å². The molecule has 0 heterocycles. The Hall–Kier alpha value is -0.610. The van der Waals surface area contributed by atoms with Crippen LogP contribution in [0.4, 0.5) is 0 Å². The van der Waals surface area contributed by atoms with Gasteiger partial charge >= 0.3 is 0 Å². The Morgan fingerprint density at radius 3 is 2.31 bits per heavy atom. The second kappa shape index (κ2) is 9.60. The lowest BCUT2D eigenvalue weighted by Crippen LogP contribution is -2.32. The third-order valence-electron chi connectivity index (χ3n) is 1.92. The first-order valence-electron chi connectivity index (χ1n) is 6.07. The highest BCUT2D eigenvalue weighted by atomic mass is 16.5. The van der Waals surface area contributed by atoms with E-state index in [0.29, 0.717) is 25.0 Å². The van der Waals surface area contributed by atoms with Crippen LogP contribution < -0.4 is 10.6 Å². The molecule has 4 heteroatoms. The molecule has 0 unspecified atom stereocenters. The first-order chi connectivity index (χ1) is 7.52. The van der Waals surface area contributed by atoms with E-state index in [1.165, 1.54) is 0 Å². The molecule has 0 aromatic heterocycles. The molecule has 1 amide bonds. The van der Waals surface area contributed by atoms with E-state index >= 15 is 0 Å². The summed E-state index contributed by atoms with van der Waals surface area (Å²) in [5.74, 6) is 1.10. The van der Waals surface area contributed by atoms with Gasteiger partial charge in [-0.1, -0.05) is 27.7 Å². The molecule has 96 valence electrons. The van der Waals surface area contributed by atoms with Gasteiger partial charge in [0.25, 0.3) is 0 Å². The summed E-state index contributed by atoms with van der Waals surface area (Å²) >= 11 is 0. The summed E-state index contributed by atoms with van der Waals surface area (Å²) in [6.45, 7) is 11.7. The van der Waals surface area contributed by atoms with Gasteiger partial charge in [0.05, 0.1) is 6.61 Å². The molecule has 0 saturated carbocycles. The molecule has 0 aromatic carbocycles. The molecule has 0 saturated heterocycles. The van der Waals surface area contributed by atoms with Gasteiger partial charge in [0.15, 0.2) is 0 Å². The van der Waals surface area contributed by atoms with Crippen molar-refractivity contribution < 1.29 is 9.53 Å². The molecule has 0 aliphatic heterocycles. The van der Waals surface area contributed by atoms with E-state index in [-0.39, 0.29) is 12.5 Å². The second-order valence-electron chi connectivity index (χ2n) is 4.85. The standard InChI is InChI=1S/C12H26N2O2/c1-10(2)7-13-5-6-16-9-12(15)14-8-11(3)4/h10-11,13H,5-9H2,1-4H3,(H,14,15). The van der Waals surface area contributed by atoms with Gasteiger partial charge in [-0.15, -0.1) is 0 Å². The van der Waals surface area contributed by atoms with E-state index in [1.807, 2.05) is 0 Å². The van der Waals surface area contributed by atoms with E-state index in [0.717, 1.165) is 13.1 Å². The van der Waals surface area contributed by atoms with Crippen LogP contribution in [0.15, 0.2) is 0 Å². The molecule has 0 aromatic rings.